The molecule has 3 atom stereocenters. The van der Waals surface area contributed by atoms with Crippen molar-refractivity contribution >= 4 is 0 Å². The molecule has 1 N–H and O–H groups in total. The fourth-order valence-corrected chi connectivity index (χ4v) is 3.21. The number of benzene rings is 1. The lowest BCUT2D eigenvalue weighted by Crippen LogP contribution is -2.57. The number of rotatable bonds is 7. The van der Waals surface area contributed by atoms with Crippen LogP contribution in [0.2, 0.25) is 0 Å². The number of nitrogens with one attached hydrogen (secondary N) is 1. The third-order valence-corrected chi connectivity index (χ3v) is 5.06. The van der Waals surface area contributed by atoms with Crippen LogP contribution in [0.15, 0.2) is 30.3 Å². The van der Waals surface area contributed by atoms with Gasteiger partial charge in [-0.3, -0.25) is 4.90 Å². The van der Waals surface area contributed by atoms with Crippen molar-refractivity contribution in [2.75, 3.05) is 19.6 Å². The topological polar surface area (TPSA) is 15.3 Å². The highest BCUT2D eigenvalue weighted by Crippen LogP contribution is 2.16. The van der Waals surface area contributed by atoms with E-state index in [1.54, 1.807) is 0 Å². The van der Waals surface area contributed by atoms with E-state index >= 15 is 0 Å². The zero-order chi connectivity index (χ0) is 15.1. The lowest BCUT2D eigenvalue weighted by atomic mass is 9.95. The van der Waals surface area contributed by atoms with Gasteiger partial charge in [0.1, 0.15) is 0 Å². The summed E-state index contributed by atoms with van der Waals surface area (Å²) in [6.07, 6.45) is 5.10. The molecule has 1 aromatic carbocycles. The van der Waals surface area contributed by atoms with Gasteiger partial charge in [-0.15, -0.1) is 0 Å². The van der Waals surface area contributed by atoms with E-state index in [0.717, 1.165) is 12.5 Å². The predicted molar refractivity (Wildman–Crippen MR) is 91.7 cm³/mol. The number of nitrogens with zero attached hydrogens (tertiary/aromatic N) is 1. The minimum Gasteiger partial charge on any atom is -0.311 e. The molecule has 0 aliphatic carbocycles. The van der Waals surface area contributed by atoms with Gasteiger partial charge in [0, 0.05) is 25.2 Å². The summed E-state index contributed by atoms with van der Waals surface area (Å²) < 4.78 is 0. The molecule has 1 saturated heterocycles. The van der Waals surface area contributed by atoms with E-state index in [2.05, 4.69) is 61.3 Å². The van der Waals surface area contributed by atoms with Crippen molar-refractivity contribution in [3.8, 4) is 0 Å². The van der Waals surface area contributed by atoms with Crippen molar-refractivity contribution in [2.24, 2.45) is 5.92 Å². The summed E-state index contributed by atoms with van der Waals surface area (Å²) in [5.74, 6) is 0.782. The van der Waals surface area contributed by atoms with E-state index in [-0.39, 0.29) is 0 Å². The minimum absolute atomic E-state index is 0.681. The van der Waals surface area contributed by atoms with Crippen LogP contribution in [0, 0.1) is 5.92 Å². The Morgan fingerprint density at radius 1 is 1.24 bits per heavy atom. The van der Waals surface area contributed by atoms with Gasteiger partial charge in [-0.25, -0.2) is 0 Å². The molecule has 1 aliphatic rings. The van der Waals surface area contributed by atoms with E-state index in [1.165, 1.54) is 44.3 Å². The van der Waals surface area contributed by atoms with Gasteiger partial charge in [0.05, 0.1) is 0 Å². The van der Waals surface area contributed by atoms with Crippen molar-refractivity contribution < 1.29 is 0 Å². The first-order valence-electron chi connectivity index (χ1n) is 8.72. The molecule has 0 saturated carbocycles. The number of hydrogen-bond donors (Lipinski definition) is 1. The molecule has 0 aromatic heterocycles. The fourth-order valence-electron chi connectivity index (χ4n) is 3.21. The molecule has 1 aliphatic heterocycles. The number of hydrogen-bond acceptors (Lipinski definition) is 2. The van der Waals surface area contributed by atoms with Gasteiger partial charge in [0.2, 0.25) is 0 Å². The first-order chi connectivity index (χ1) is 10.2. The maximum absolute atomic E-state index is 3.72. The van der Waals surface area contributed by atoms with Gasteiger partial charge in [-0.2, -0.15) is 0 Å². The molecule has 0 radical (unpaired) electrons. The lowest BCUT2D eigenvalue weighted by Gasteiger charge is -2.41. The Labute approximate surface area is 130 Å². The Morgan fingerprint density at radius 3 is 2.71 bits per heavy atom. The van der Waals surface area contributed by atoms with Crippen LogP contribution in [0.1, 0.15) is 45.6 Å². The van der Waals surface area contributed by atoms with E-state index in [1.807, 2.05) is 0 Å². The minimum atomic E-state index is 0.681. The van der Waals surface area contributed by atoms with Gasteiger partial charge in [-0.1, -0.05) is 50.6 Å². The summed E-state index contributed by atoms with van der Waals surface area (Å²) in [7, 11) is 0. The Balaban J connectivity index is 1.71. The number of aryl methyl sites for hydroxylation is 1. The smallest absolute Gasteiger partial charge is 0.0221 e. The maximum atomic E-state index is 3.72. The Kier molecular flexibility index (Phi) is 6.72. The zero-order valence-corrected chi connectivity index (χ0v) is 14.0. The first kappa shape index (κ1) is 16.5. The van der Waals surface area contributed by atoms with Crippen molar-refractivity contribution in [1.29, 1.82) is 0 Å². The standard InChI is InChI=1S/C19H32N2/c1-4-16(2)19-15-21(17(3)14-20-19)13-9-8-12-18-10-6-5-7-11-18/h5-7,10-11,16-17,19-20H,4,8-9,12-15H2,1-3H3. The summed E-state index contributed by atoms with van der Waals surface area (Å²) in [6, 6.07) is 12.2. The Bertz CT molecular complexity index is 390. The second kappa shape index (κ2) is 8.55. The molecular formula is C19H32N2. The summed E-state index contributed by atoms with van der Waals surface area (Å²) in [5, 5.41) is 3.72. The molecule has 2 rings (SSSR count). The molecule has 118 valence electrons. The van der Waals surface area contributed by atoms with Crippen LogP contribution in [0.3, 0.4) is 0 Å². The van der Waals surface area contributed by atoms with Crippen LogP contribution >= 0.6 is 0 Å². The van der Waals surface area contributed by atoms with Crippen LogP contribution in [-0.2, 0) is 6.42 Å². The Morgan fingerprint density at radius 2 is 2.00 bits per heavy atom. The highest BCUT2D eigenvalue weighted by atomic mass is 15.2. The molecule has 2 heteroatoms. The second-order valence-electron chi connectivity index (χ2n) is 6.69. The van der Waals surface area contributed by atoms with Crippen LogP contribution in [0.4, 0.5) is 0 Å². The van der Waals surface area contributed by atoms with Crippen LogP contribution < -0.4 is 5.32 Å². The SMILES string of the molecule is CCC(C)C1CN(CCCCc2ccccc2)C(C)CN1. The van der Waals surface area contributed by atoms with E-state index in [9.17, 15) is 0 Å². The highest BCUT2D eigenvalue weighted by Gasteiger charge is 2.26. The maximum Gasteiger partial charge on any atom is 0.0221 e. The number of unbranched alkanes of at least 4 members (excludes halogenated alkanes) is 1. The molecule has 21 heavy (non-hydrogen) atoms. The van der Waals surface area contributed by atoms with Gasteiger partial charge in [-0.05, 0) is 44.2 Å². The fraction of sp³-hybridized carbons (Fsp3) is 0.684. The largest absolute Gasteiger partial charge is 0.311 e. The molecule has 2 nitrogen and oxygen atoms in total. The summed E-state index contributed by atoms with van der Waals surface area (Å²) in [4.78, 5) is 2.69. The third-order valence-electron chi connectivity index (χ3n) is 5.06. The van der Waals surface area contributed by atoms with Crippen LogP contribution in [-0.4, -0.2) is 36.6 Å². The van der Waals surface area contributed by atoms with Crippen molar-refractivity contribution in [3.05, 3.63) is 35.9 Å². The second-order valence-corrected chi connectivity index (χ2v) is 6.69. The molecule has 1 aromatic rings. The molecule has 1 fully saturated rings. The lowest BCUT2D eigenvalue weighted by molar-refractivity contribution is 0.117. The molecule has 0 bridgehead atoms. The summed E-state index contributed by atoms with van der Waals surface area (Å²) in [6.45, 7) is 10.7. The van der Waals surface area contributed by atoms with Crippen molar-refractivity contribution in [3.63, 3.8) is 0 Å². The zero-order valence-electron chi connectivity index (χ0n) is 14.0. The molecule has 0 amide bonds. The van der Waals surface area contributed by atoms with Crippen LogP contribution in [0.25, 0.3) is 0 Å². The Hall–Kier alpha value is -0.860. The summed E-state index contributed by atoms with van der Waals surface area (Å²) in [5.41, 5.74) is 1.48. The van der Waals surface area contributed by atoms with Gasteiger partial charge in [0.25, 0.3) is 0 Å². The van der Waals surface area contributed by atoms with E-state index in [0.29, 0.717) is 12.1 Å². The average Bonchev–Trinajstić information content (AvgIpc) is 2.53. The van der Waals surface area contributed by atoms with Gasteiger partial charge in [0.15, 0.2) is 0 Å². The first-order valence-corrected chi connectivity index (χ1v) is 8.72. The number of piperazine rings is 1. The van der Waals surface area contributed by atoms with E-state index < -0.39 is 0 Å². The van der Waals surface area contributed by atoms with E-state index in [4.69, 9.17) is 0 Å². The van der Waals surface area contributed by atoms with Crippen molar-refractivity contribution in [1.82, 2.24) is 10.2 Å². The summed E-state index contributed by atoms with van der Waals surface area (Å²) >= 11 is 0. The van der Waals surface area contributed by atoms with Crippen LogP contribution in [0.5, 0.6) is 0 Å². The molecule has 1 heterocycles. The predicted octanol–water partition coefficient (Wildman–Crippen LogP) is 3.72. The van der Waals surface area contributed by atoms with Gasteiger partial charge < -0.3 is 5.32 Å². The highest BCUT2D eigenvalue weighted by molar-refractivity contribution is 5.14. The molecule has 3 unspecified atom stereocenters. The third kappa shape index (κ3) is 5.12. The quantitative estimate of drug-likeness (QED) is 0.769. The van der Waals surface area contributed by atoms with Gasteiger partial charge >= 0.3 is 0 Å². The monoisotopic (exact) mass is 288 g/mol. The average molecular weight is 288 g/mol. The molecule has 0 spiro atoms. The molecular weight excluding hydrogens is 256 g/mol. The normalized spacial score (nSPS) is 24.9. The van der Waals surface area contributed by atoms with Crippen molar-refractivity contribution in [2.45, 2.75) is 58.5 Å².